The third-order valence-corrected chi connectivity index (χ3v) is 6.79. The Labute approximate surface area is 262 Å². The van der Waals surface area contributed by atoms with E-state index in [4.69, 9.17) is 49.4 Å². The molecule has 2 N–H and O–H groups in total. The average molecular weight is 679 g/mol. The number of nitrogens with zero attached hydrogens (tertiary/aromatic N) is 3. The van der Waals surface area contributed by atoms with Crippen LogP contribution in [0.5, 0.6) is 17.2 Å². The van der Waals surface area contributed by atoms with E-state index in [0.29, 0.717) is 5.02 Å². The summed E-state index contributed by atoms with van der Waals surface area (Å²) in [6.07, 6.45) is -4.74. The molecular weight excluding hydrogens is 658 g/mol. The molecule has 17 heteroatoms. The molecule has 11 nitrogen and oxygen atoms in total. The molecule has 3 aromatic rings. The second-order valence-corrected chi connectivity index (χ2v) is 10.3. The molecule has 1 heterocycles. The predicted octanol–water partition coefficient (Wildman–Crippen LogP) is 7.95. The molecule has 44 heavy (non-hydrogen) atoms. The number of benzene rings is 3. The predicted molar refractivity (Wildman–Crippen MR) is 155 cm³/mol. The number of hydrogen-bond donors (Lipinski definition) is 2. The molecule has 0 fully saturated rings. The SMILES string of the molecule is CC1(C(=O)O)CC(C(=O)O)=NN1c1ccc(Cl)cc1Cl.CCOc1cc(Oc2ccc(C(F)(F)F)cc2Cl)ccc1[N+](=O)[O-]. The molecule has 0 amide bonds. The van der Waals surface area contributed by atoms with Crippen molar-refractivity contribution in [2.45, 2.75) is 32.0 Å². The highest BCUT2D eigenvalue weighted by atomic mass is 35.5. The maximum Gasteiger partial charge on any atom is 0.416 e. The molecule has 234 valence electrons. The molecule has 3 aromatic carbocycles. The lowest BCUT2D eigenvalue weighted by Gasteiger charge is -2.30. The molecule has 1 atom stereocenters. The van der Waals surface area contributed by atoms with Gasteiger partial charge in [-0.25, -0.2) is 14.6 Å². The molecule has 0 aromatic heterocycles. The first-order valence-corrected chi connectivity index (χ1v) is 13.4. The highest BCUT2D eigenvalue weighted by Gasteiger charge is 2.48. The van der Waals surface area contributed by atoms with Crippen LogP contribution >= 0.6 is 34.8 Å². The molecule has 4 rings (SSSR count). The normalized spacial score (nSPS) is 16.0. The standard InChI is InChI=1S/C15H11ClF3NO4.C12H10Cl2N2O4/c1-2-23-14-8-10(4-5-12(14)20(21)22)24-13-6-3-9(7-11(13)16)15(17,18)19;1-12(11(19)20)5-8(10(17)18)15-16(12)9-3-2-6(13)4-7(9)14/h3-8H,2H2,1H3;2-4H,5H2,1H3,(H,17,18)(H,19,20). The van der Waals surface area contributed by atoms with Crippen LogP contribution in [0.3, 0.4) is 0 Å². The van der Waals surface area contributed by atoms with Gasteiger partial charge in [-0.1, -0.05) is 34.8 Å². The van der Waals surface area contributed by atoms with E-state index < -0.39 is 34.1 Å². The third kappa shape index (κ3) is 7.81. The van der Waals surface area contributed by atoms with Crippen LogP contribution in [0.15, 0.2) is 59.7 Å². The van der Waals surface area contributed by atoms with Gasteiger partial charge in [0.2, 0.25) is 5.75 Å². The summed E-state index contributed by atoms with van der Waals surface area (Å²) in [6.45, 7) is 3.25. The number of aliphatic carboxylic acids is 2. The van der Waals surface area contributed by atoms with Crippen LogP contribution in [0.25, 0.3) is 0 Å². The van der Waals surface area contributed by atoms with E-state index in [-0.39, 0.29) is 57.4 Å². The van der Waals surface area contributed by atoms with Crippen LogP contribution < -0.4 is 14.5 Å². The van der Waals surface area contributed by atoms with Crippen molar-refractivity contribution in [2.75, 3.05) is 11.6 Å². The lowest BCUT2D eigenvalue weighted by Crippen LogP contribution is -2.47. The number of alkyl halides is 3. The van der Waals surface area contributed by atoms with Crippen molar-refractivity contribution in [3.63, 3.8) is 0 Å². The van der Waals surface area contributed by atoms with Crippen molar-refractivity contribution in [1.82, 2.24) is 0 Å². The van der Waals surface area contributed by atoms with Crippen molar-refractivity contribution in [2.24, 2.45) is 5.10 Å². The maximum absolute atomic E-state index is 12.6. The number of carboxylic acid groups (broad SMARTS) is 2. The summed E-state index contributed by atoms with van der Waals surface area (Å²) in [7, 11) is 0. The number of hydrazone groups is 1. The summed E-state index contributed by atoms with van der Waals surface area (Å²) in [5.74, 6) is -2.33. The first kappa shape index (κ1) is 34.2. The summed E-state index contributed by atoms with van der Waals surface area (Å²) in [6, 6.07) is 10.9. The van der Waals surface area contributed by atoms with Gasteiger partial charge in [0.05, 0.1) is 32.8 Å². The lowest BCUT2D eigenvalue weighted by molar-refractivity contribution is -0.385. The van der Waals surface area contributed by atoms with Gasteiger partial charge in [0, 0.05) is 23.6 Å². The molecular formula is C27H21Cl3F3N3O8. The van der Waals surface area contributed by atoms with Gasteiger partial charge in [-0.05, 0) is 56.3 Å². The van der Waals surface area contributed by atoms with Crippen molar-refractivity contribution in [1.29, 1.82) is 0 Å². The van der Waals surface area contributed by atoms with E-state index in [1.165, 1.54) is 43.3 Å². The van der Waals surface area contributed by atoms with Crippen LogP contribution in [-0.4, -0.2) is 44.9 Å². The van der Waals surface area contributed by atoms with Gasteiger partial charge in [0.15, 0.2) is 5.54 Å². The van der Waals surface area contributed by atoms with Gasteiger partial charge in [-0.2, -0.15) is 18.3 Å². The summed E-state index contributed by atoms with van der Waals surface area (Å²) in [5, 5.41) is 34.6. The molecule has 1 aliphatic rings. The van der Waals surface area contributed by atoms with Crippen LogP contribution in [0, 0.1) is 10.1 Å². The molecule has 1 aliphatic heterocycles. The van der Waals surface area contributed by atoms with Crippen LogP contribution in [0.2, 0.25) is 15.1 Å². The van der Waals surface area contributed by atoms with E-state index in [2.05, 4.69) is 5.10 Å². The number of nitro benzene ring substituents is 1. The topological polar surface area (TPSA) is 152 Å². The number of ether oxygens (including phenoxy) is 2. The maximum atomic E-state index is 12.6. The number of nitro groups is 1. The Kier molecular flexibility index (Phi) is 10.6. The van der Waals surface area contributed by atoms with Crippen molar-refractivity contribution >= 4 is 63.8 Å². The zero-order valence-corrected chi connectivity index (χ0v) is 24.8. The summed E-state index contributed by atoms with van der Waals surface area (Å²) >= 11 is 17.6. The first-order valence-electron chi connectivity index (χ1n) is 12.2. The summed E-state index contributed by atoms with van der Waals surface area (Å²) in [4.78, 5) is 32.8. The van der Waals surface area contributed by atoms with Crippen molar-refractivity contribution in [3.8, 4) is 17.2 Å². The Hall–Kier alpha value is -4.27. The molecule has 0 saturated carbocycles. The van der Waals surface area contributed by atoms with Gasteiger partial charge in [0.25, 0.3) is 0 Å². The molecule has 0 saturated heterocycles. The smallest absolute Gasteiger partial charge is 0.416 e. The first-order chi connectivity index (χ1) is 20.5. The van der Waals surface area contributed by atoms with Crippen molar-refractivity contribution in [3.05, 3.63) is 85.3 Å². The quantitative estimate of drug-likeness (QED) is 0.179. The molecule has 0 radical (unpaired) electrons. The van der Waals surface area contributed by atoms with Crippen LogP contribution in [0.1, 0.15) is 25.8 Å². The zero-order valence-electron chi connectivity index (χ0n) is 22.6. The summed E-state index contributed by atoms with van der Waals surface area (Å²) in [5.41, 5.74) is -2.61. The van der Waals surface area contributed by atoms with Gasteiger partial charge < -0.3 is 19.7 Å². The molecule has 0 spiro atoms. The number of rotatable bonds is 8. The molecule has 1 unspecified atom stereocenters. The number of carboxylic acids is 2. The minimum atomic E-state index is -4.52. The molecule has 0 aliphatic carbocycles. The van der Waals surface area contributed by atoms with Crippen LogP contribution in [0.4, 0.5) is 24.5 Å². The van der Waals surface area contributed by atoms with Gasteiger partial charge in [-0.15, -0.1) is 0 Å². The second kappa shape index (κ2) is 13.6. The fourth-order valence-electron chi connectivity index (χ4n) is 3.79. The summed E-state index contributed by atoms with van der Waals surface area (Å²) < 4.78 is 48.4. The van der Waals surface area contributed by atoms with E-state index >= 15 is 0 Å². The monoisotopic (exact) mass is 677 g/mol. The Balaban J connectivity index is 0.000000244. The highest BCUT2D eigenvalue weighted by Crippen LogP contribution is 2.40. The Bertz CT molecular complexity index is 1640. The number of anilines is 1. The number of carbonyl (C=O) groups is 2. The Morgan fingerprint density at radius 2 is 1.73 bits per heavy atom. The Morgan fingerprint density at radius 1 is 1.05 bits per heavy atom. The largest absolute Gasteiger partial charge is 0.487 e. The van der Waals surface area contributed by atoms with Gasteiger partial charge in [-0.3, -0.25) is 10.1 Å². The average Bonchev–Trinajstić information content (AvgIpc) is 3.29. The van der Waals surface area contributed by atoms with Crippen molar-refractivity contribution < 1.29 is 47.4 Å². The highest BCUT2D eigenvalue weighted by molar-refractivity contribution is 6.38. The van der Waals surface area contributed by atoms with Gasteiger partial charge >= 0.3 is 23.8 Å². The van der Waals surface area contributed by atoms with Gasteiger partial charge in [0.1, 0.15) is 17.2 Å². The zero-order chi connectivity index (χ0) is 33.0. The van der Waals surface area contributed by atoms with E-state index in [0.717, 1.165) is 23.2 Å². The van der Waals surface area contributed by atoms with Crippen LogP contribution in [-0.2, 0) is 15.8 Å². The minimum Gasteiger partial charge on any atom is -0.487 e. The second-order valence-electron chi connectivity index (χ2n) is 9.08. The molecule has 0 bridgehead atoms. The van der Waals surface area contributed by atoms with E-state index in [1.807, 2.05) is 0 Å². The third-order valence-electron chi connectivity index (χ3n) is 5.96. The fourth-order valence-corrected chi connectivity index (χ4v) is 4.50. The lowest BCUT2D eigenvalue weighted by atomic mass is 9.95. The van der Waals surface area contributed by atoms with E-state index in [1.54, 1.807) is 6.92 Å². The number of hydrogen-bond acceptors (Lipinski definition) is 8. The minimum absolute atomic E-state index is 0.0111. The van der Waals surface area contributed by atoms with E-state index in [9.17, 15) is 38.0 Å². The Morgan fingerprint density at radius 3 is 2.25 bits per heavy atom. The fraction of sp³-hybridized carbons (Fsp3) is 0.222. The number of halogens is 6.